The number of likely N-dealkylation sites (tertiary alicyclic amines) is 1. The van der Waals surface area contributed by atoms with Crippen LogP contribution in [-0.4, -0.2) is 45.6 Å². The number of pyridine rings is 1. The van der Waals surface area contributed by atoms with Crippen molar-refractivity contribution in [3.05, 3.63) is 66.3 Å². The van der Waals surface area contributed by atoms with Crippen molar-refractivity contribution < 1.29 is 9.32 Å². The van der Waals surface area contributed by atoms with Gasteiger partial charge in [0.25, 0.3) is 0 Å². The number of aryl methyl sites for hydroxylation is 1. The van der Waals surface area contributed by atoms with Gasteiger partial charge in [-0.3, -0.25) is 9.78 Å². The zero-order valence-electron chi connectivity index (χ0n) is 15.6. The van der Waals surface area contributed by atoms with Crippen molar-refractivity contribution in [1.29, 1.82) is 0 Å². The number of rotatable bonds is 6. The predicted octanol–water partition coefficient (Wildman–Crippen LogP) is 2.27. The smallest absolute Gasteiger partial charge is 0.227 e. The van der Waals surface area contributed by atoms with E-state index in [1.165, 1.54) is 5.56 Å². The predicted molar refractivity (Wildman–Crippen MR) is 104 cm³/mol. The second-order valence-electron chi connectivity index (χ2n) is 7.06. The molecule has 1 aromatic carbocycles. The van der Waals surface area contributed by atoms with Gasteiger partial charge in [0.1, 0.15) is 0 Å². The van der Waals surface area contributed by atoms with Crippen LogP contribution in [0.3, 0.4) is 0 Å². The summed E-state index contributed by atoms with van der Waals surface area (Å²) in [7, 11) is 0. The maximum atomic E-state index is 12.7. The second kappa shape index (κ2) is 8.31. The minimum Gasteiger partial charge on any atom is -0.342 e. The van der Waals surface area contributed by atoms with E-state index in [-0.39, 0.29) is 17.7 Å². The molecule has 0 aliphatic carbocycles. The number of hydrogen-bond donors (Lipinski definition) is 1. The van der Waals surface area contributed by atoms with E-state index >= 15 is 0 Å². The molecule has 1 aliphatic rings. The number of nitrogens with zero attached hydrogens (tertiary/aromatic N) is 4. The third-order valence-electron chi connectivity index (χ3n) is 5.28. The van der Waals surface area contributed by atoms with Crippen LogP contribution in [0.1, 0.15) is 23.8 Å². The first-order valence-corrected chi connectivity index (χ1v) is 9.50. The summed E-state index contributed by atoms with van der Waals surface area (Å²) < 4.78 is 5.29. The van der Waals surface area contributed by atoms with Gasteiger partial charge in [-0.1, -0.05) is 35.5 Å². The molecule has 0 radical (unpaired) electrons. The summed E-state index contributed by atoms with van der Waals surface area (Å²) in [6, 6.07) is 13.9. The van der Waals surface area contributed by atoms with E-state index in [0.717, 1.165) is 5.56 Å². The van der Waals surface area contributed by atoms with Gasteiger partial charge in [-0.05, 0) is 30.2 Å². The normalized spacial score (nSPS) is 19.1. The van der Waals surface area contributed by atoms with Crippen molar-refractivity contribution in [2.24, 2.45) is 11.7 Å². The molecule has 0 spiro atoms. The number of hydrogen-bond acceptors (Lipinski definition) is 6. The monoisotopic (exact) mass is 377 g/mol. The Morgan fingerprint density at radius 1 is 1.14 bits per heavy atom. The molecular formula is C21H23N5O2. The van der Waals surface area contributed by atoms with E-state index in [9.17, 15) is 4.79 Å². The van der Waals surface area contributed by atoms with Gasteiger partial charge in [-0.2, -0.15) is 4.98 Å². The highest BCUT2D eigenvalue weighted by molar-refractivity contribution is 5.76. The zero-order valence-corrected chi connectivity index (χ0v) is 15.6. The molecule has 1 fully saturated rings. The Morgan fingerprint density at radius 2 is 1.93 bits per heavy atom. The van der Waals surface area contributed by atoms with Crippen molar-refractivity contribution in [2.75, 3.05) is 19.6 Å². The first-order valence-electron chi connectivity index (χ1n) is 9.50. The molecule has 0 saturated carbocycles. The minimum atomic E-state index is 0.0977. The standard InChI is InChI=1S/C21H23N5O2/c22-12-17-13-26(14-18(17)15-4-2-1-3-5-15)20(27)7-6-19-24-21(25-28-19)16-8-10-23-11-9-16/h1-5,8-11,17-18H,6-7,12-14,22H2/t17-,18+/m1/s1. The van der Waals surface area contributed by atoms with Crippen LogP contribution in [0.15, 0.2) is 59.4 Å². The third-order valence-corrected chi connectivity index (χ3v) is 5.28. The number of amides is 1. The van der Waals surface area contributed by atoms with Gasteiger partial charge in [-0.15, -0.1) is 0 Å². The Labute approximate surface area is 163 Å². The van der Waals surface area contributed by atoms with Gasteiger partial charge in [0, 0.05) is 49.8 Å². The van der Waals surface area contributed by atoms with Crippen LogP contribution in [0, 0.1) is 5.92 Å². The number of nitrogens with two attached hydrogens (primary N) is 1. The Balaban J connectivity index is 1.36. The van der Waals surface area contributed by atoms with Crippen molar-refractivity contribution in [2.45, 2.75) is 18.8 Å². The first kappa shape index (κ1) is 18.3. The van der Waals surface area contributed by atoms with Crippen LogP contribution in [0.4, 0.5) is 0 Å². The summed E-state index contributed by atoms with van der Waals surface area (Å²) >= 11 is 0. The summed E-state index contributed by atoms with van der Waals surface area (Å²) in [5, 5.41) is 3.98. The van der Waals surface area contributed by atoms with Crippen LogP contribution in [0.2, 0.25) is 0 Å². The van der Waals surface area contributed by atoms with Gasteiger partial charge in [0.05, 0.1) is 0 Å². The molecule has 0 unspecified atom stereocenters. The zero-order chi connectivity index (χ0) is 19.3. The highest BCUT2D eigenvalue weighted by Gasteiger charge is 2.35. The van der Waals surface area contributed by atoms with E-state index in [1.54, 1.807) is 12.4 Å². The molecular weight excluding hydrogens is 354 g/mol. The molecule has 144 valence electrons. The Morgan fingerprint density at radius 3 is 2.68 bits per heavy atom. The molecule has 1 saturated heterocycles. The van der Waals surface area contributed by atoms with Crippen molar-refractivity contribution in [1.82, 2.24) is 20.0 Å². The molecule has 4 rings (SSSR count). The molecule has 3 aromatic rings. The summed E-state index contributed by atoms with van der Waals surface area (Å²) in [4.78, 5) is 23.0. The fourth-order valence-electron chi connectivity index (χ4n) is 3.74. The van der Waals surface area contributed by atoms with Gasteiger partial charge in [0.2, 0.25) is 17.6 Å². The van der Waals surface area contributed by atoms with Gasteiger partial charge in [0.15, 0.2) is 0 Å². The summed E-state index contributed by atoms with van der Waals surface area (Å²) in [5.74, 6) is 1.65. The molecule has 1 amide bonds. The summed E-state index contributed by atoms with van der Waals surface area (Å²) in [5.41, 5.74) is 8.05. The Kier molecular flexibility index (Phi) is 5.43. The molecule has 1 aliphatic heterocycles. The molecule has 0 bridgehead atoms. The molecule has 3 heterocycles. The van der Waals surface area contributed by atoms with Crippen molar-refractivity contribution in [3.8, 4) is 11.4 Å². The fourth-order valence-corrected chi connectivity index (χ4v) is 3.74. The van der Waals surface area contributed by atoms with Crippen molar-refractivity contribution in [3.63, 3.8) is 0 Å². The average Bonchev–Trinajstić information content (AvgIpc) is 3.40. The maximum absolute atomic E-state index is 12.7. The van der Waals surface area contributed by atoms with E-state index in [2.05, 4.69) is 27.3 Å². The lowest BCUT2D eigenvalue weighted by Crippen LogP contribution is -2.30. The Bertz CT molecular complexity index is 913. The highest BCUT2D eigenvalue weighted by atomic mass is 16.5. The number of carbonyl (C=O) groups excluding carboxylic acids is 1. The molecule has 2 atom stereocenters. The number of aromatic nitrogens is 3. The number of benzene rings is 1. The third kappa shape index (κ3) is 3.94. The van der Waals surface area contributed by atoms with Gasteiger partial charge < -0.3 is 15.2 Å². The lowest BCUT2D eigenvalue weighted by molar-refractivity contribution is -0.130. The Hall–Kier alpha value is -3.06. The number of carbonyl (C=O) groups is 1. The topological polar surface area (TPSA) is 98.1 Å². The van der Waals surface area contributed by atoms with Crippen LogP contribution in [-0.2, 0) is 11.2 Å². The van der Waals surface area contributed by atoms with Crippen molar-refractivity contribution >= 4 is 5.91 Å². The van der Waals surface area contributed by atoms with E-state index in [0.29, 0.717) is 44.2 Å². The minimum absolute atomic E-state index is 0.0977. The van der Waals surface area contributed by atoms with Crippen LogP contribution >= 0.6 is 0 Å². The molecule has 28 heavy (non-hydrogen) atoms. The summed E-state index contributed by atoms with van der Waals surface area (Å²) in [6.07, 6.45) is 4.13. The largest absolute Gasteiger partial charge is 0.342 e. The van der Waals surface area contributed by atoms with Gasteiger partial charge in [-0.25, -0.2) is 0 Å². The van der Waals surface area contributed by atoms with Crippen LogP contribution in [0.5, 0.6) is 0 Å². The van der Waals surface area contributed by atoms with E-state index in [1.807, 2.05) is 35.2 Å². The van der Waals surface area contributed by atoms with E-state index < -0.39 is 0 Å². The molecule has 7 nitrogen and oxygen atoms in total. The quantitative estimate of drug-likeness (QED) is 0.708. The lowest BCUT2D eigenvalue weighted by Gasteiger charge is -2.16. The first-order chi connectivity index (χ1) is 13.7. The second-order valence-corrected chi connectivity index (χ2v) is 7.06. The molecule has 2 aromatic heterocycles. The maximum Gasteiger partial charge on any atom is 0.227 e. The average molecular weight is 377 g/mol. The fraction of sp³-hybridized carbons (Fsp3) is 0.333. The van der Waals surface area contributed by atoms with Crippen LogP contribution in [0.25, 0.3) is 11.4 Å². The van der Waals surface area contributed by atoms with Crippen LogP contribution < -0.4 is 5.73 Å². The summed E-state index contributed by atoms with van der Waals surface area (Å²) in [6.45, 7) is 1.97. The highest BCUT2D eigenvalue weighted by Crippen LogP contribution is 2.32. The van der Waals surface area contributed by atoms with Gasteiger partial charge >= 0.3 is 0 Å². The molecule has 7 heteroatoms. The lowest BCUT2D eigenvalue weighted by atomic mass is 9.89. The molecule has 2 N–H and O–H groups in total. The van der Waals surface area contributed by atoms with E-state index in [4.69, 9.17) is 10.3 Å². The SMILES string of the molecule is NC[C@@H]1CN(C(=O)CCc2nc(-c3ccncc3)no2)C[C@H]1c1ccccc1.